The topological polar surface area (TPSA) is 54.6 Å². The molecule has 96 valence electrons. The maximum atomic E-state index is 5.66. The Bertz CT molecular complexity index is 402. The molecule has 0 radical (unpaired) electrons. The maximum absolute atomic E-state index is 5.66. The lowest BCUT2D eigenvalue weighted by atomic mass is 10.2. The van der Waals surface area contributed by atoms with Crippen LogP contribution in [0.2, 0.25) is 0 Å². The number of pyridine rings is 1. The fraction of sp³-hybridized carbons (Fsp3) is 0.583. The highest BCUT2D eigenvalue weighted by Gasteiger charge is 2.23. The quantitative estimate of drug-likeness (QED) is 0.835. The molecule has 0 spiro atoms. The molecule has 0 aliphatic carbocycles. The third-order valence-corrected chi connectivity index (χ3v) is 3.36. The summed E-state index contributed by atoms with van der Waals surface area (Å²) in [5, 5.41) is 0. The van der Waals surface area contributed by atoms with Crippen molar-refractivity contribution in [1.82, 2.24) is 9.88 Å². The molecule has 2 heterocycles. The summed E-state index contributed by atoms with van der Waals surface area (Å²) in [6.45, 7) is 5.25. The minimum absolute atomic E-state index is 0. The van der Waals surface area contributed by atoms with E-state index in [-0.39, 0.29) is 1.43 Å². The number of piperazine rings is 1. The molecule has 0 aromatic carbocycles. The van der Waals surface area contributed by atoms with Crippen molar-refractivity contribution in [2.45, 2.75) is 13.0 Å². The van der Waals surface area contributed by atoms with E-state index in [9.17, 15) is 0 Å². The number of nitrogens with zero attached hydrogens (tertiary/aromatic N) is 3. The van der Waals surface area contributed by atoms with Crippen molar-refractivity contribution in [1.29, 1.82) is 0 Å². The highest BCUT2D eigenvalue weighted by Crippen LogP contribution is 2.28. The normalized spacial score (nSPS) is 21.6. The van der Waals surface area contributed by atoms with Gasteiger partial charge in [-0.15, -0.1) is 0 Å². The van der Waals surface area contributed by atoms with Crippen molar-refractivity contribution in [3.05, 3.63) is 12.1 Å². The fourth-order valence-electron chi connectivity index (χ4n) is 2.11. The second-order valence-electron chi connectivity index (χ2n) is 4.54. The van der Waals surface area contributed by atoms with Gasteiger partial charge in [0.05, 0.1) is 7.11 Å². The number of anilines is 2. The van der Waals surface area contributed by atoms with Crippen molar-refractivity contribution >= 4 is 11.5 Å². The van der Waals surface area contributed by atoms with E-state index in [2.05, 4.69) is 28.8 Å². The van der Waals surface area contributed by atoms with E-state index >= 15 is 0 Å². The lowest BCUT2D eigenvalue weighted by molar-refractivity contribution is 0.233. The Hall–Kier alpha value is -1.49. The summed E-state index contributed by atoms with van der Waals surface area (Å²) < 4.78 is 5.30. The molecular weight excluding hydrogens is 216 g/mol. The first kappa shape index (κ1) is 12.0. The van der Waals surface area contributed by atoms with Gasteiger partial charge in [-0.05, 0) is 26.1 Å². The number of hydrogen-bond acceptors (Lipinski definition) is 5. The summed E-state index contributed by atoms with van der Waals surface area (Å²) in [5.74, 6) is 1.11. The summed E-state index contributed by atoms with van der Waals surface area (Å²) in [7, 11) is 3.78. The van der Waals surface area contributed by atoms with Crippen molar-refractivity contribution in [3.63, 3.8) is 0 Å². The van der Waals surface area contributed by atoms with E-state index in [0.717, 1.165) is 25.3 Å². The molecule has 0 saturated carbocycles. The van der Waals surface area contributed by atoms with Crippen LogP contribution in [0.1, 0.15) is 8.35 Å². The predicted octanol–water partition coefficient (Wildman–Crippen LogP) is 1.06. The Morgan fingerprint density at radius 1 is 1.47 bits per heavy atom. The molecule has 1 atom stereocenters. The molecule has 1 aromatic rings. The molecule has 5 heteroatoms. The zero-order valence-corrected chi connectivity index (χ0v) is 10.7. The van der Waals surface area contributed by atoms with Gasteiger partial charge in [0.2, 0.25) is 5.88 Å². The number of aromatic nitrogens is 1. The number of hydrogen-bond donors (Lipinski definition) is 1. The zero-order valence-electron chi connectivity index (χ0n) is 10.7. The Morgan fingerprint density at radius 2 is 2.24 bits per heavy atom. The van der Waals surface area contributed by atoms with Gasteiger partial charge in [0.15, 0.2) is 0 Å². The van der Waals surface area contributed by atoms with Crippen LogP contribution >= 0.6 is 0 Å². The molecule has 1 saturated heterocycles. The Kier molecular flexibility index (Phi) is 3.38. The first-order valence-corrected chi connectivity index (χ1v) is 5.87. The van der Waals surface area contributed by atoms with Crippen LogP contribution in [-0.4, -0.2) is 49.7 Å². The summed E-state index contributed by atoms with van der Waals surface area (Å²) in [6, 6.07) is 4.34. The molecular formula is C12H22N4O. The first-order valence-electron chi connectivity index (χ1n) is 5.87. The third kappa shape index (κ3) is 2.44. The van der Waals surface area contributed by atoms with Gasteiger partial charge >= 0.3 is 0 Å². The molecule has 1 aromatic heterocycles. The lowest BCUT2D eigenvalue weighted by Gasteiger charge is -2.39. The van der Waals surface area contributed by atoms with Crippen molar-refractivity contribution < 1.29 is 6.16 Å². The van der Waals surface area contributed by atoms with E-state index in [4.69, 9.17) is 10.5 Å². The minimum atomic E-state index is 0. The smallest absolute Gasteiger partial charge is 0.239 e. The van der Waals surface area contributed by atoms with E-state index in [1.165, 1.54) is 0 Å². The average Bonchev–Trinajstić information content (AvgIpc) is 2.32. The average molecular weight is 238 g/mol. The second-order valence-corrected chi connectivity index (χ2v) is 4.54. The standard InChI is InChI=1S/C12H20N4O.H2/c1-9-8-16(7-6-15(9)2)10-4-5-11(13)14-12(10)17-3;/h4-5,9H,6-8H2,1-3H3,(H2,13,14);1H/t9-;/m0./s1. The largest absolute Gasteiger partial charge is 0.479 e. The Morgan fingerprint density at radius 3 is 2.88 bits per heavy atom. The van der Waals surface area contributed by atoms with Crippen molar-refractivity contribution in [2.75, 3.05) is 44.4 Å². The molecule has 2 N–H and O–H groups in total. The van der Waals surface area contributed by atoms with Crippen LogP contribution in [0.3, 0.4) is 0 Å². The number of methoxy groups -OCH3 is 1. The van der Waals surface area contributed by atoms with Crippen LogP contribution in [-0.2, 0) is 0 Å². The molecule has 1 aliphatic rings. The van der Waals surface area contributed by atoms with E-state index < -0.39 is 0 Å². The van der Waals surface area contributed by atoms with Gasteiger partial charge in [0, 0.05) is 27.1 Å². The van der Waals surface area contributed by atoms with Gasteiger partial charge in [0.1, 0.15) is 11.5 Å². The van der Waals surface area contributed by atoms with Crippen LogP contribution in [0, 0.1) is 0 Å². The maximum Gasteiger partial charge on any atom is 0.239 e. The van der Waals surface area contributed by atoms with E-state index in [1.807, 2.05) is 12.1 Å². The molecule has 1 fully saturated rings. The predicted molar refractivity (Wildman–Crippen MR) is 71.6 cm³/mol. The summed E-state index contributed by atoms with van der Waals surface area (Å²) in [5.41, 5.74) is 6.69. The summed E-state index contributed by atoms with van der Waals surface area (Å²) in [6.07, 6.45) is 0. The number of rotatable bonds is 2. The molecule has 5 nitrogen and oxygen atoms in total. The fourth-order valence-corrected chi connectivity index (χ4v) is 2.11. The van der Waals surface area contributed by atoms with Crippen molar-refractivity contribution in [2.24, 2.45) is 0 Å². The van der Waals surface area contributed by atoms with Gasteiger partial charge in [-0.25, -0.2) is 0 Å². The minimum Gasteiger partial charge on any atom is -0.479 e. The number of nitrogens with two attached hydrogens (primary N) is 1. The van der Waals surface area contributed by atoms with Gasteiger partial charge in [0.25, 0.3) is 0 Å². The third-order valence-electron chi connectivity index (χ3n) is 3.36. The van der Waals surface area contributed by atoms with Crippen molar-refractivity contribution in [3.8, 4) is 5.88 Å². The van der Waals surface area contributed by atoms with Crippen LogP contribution < -0.4 is 15.4 Å². The highest BCUT2D eigenvalue weighted by molar-refractivity contribution is 5.58. The number of ether oxygens (including phenoxy) is 1. The van der Waals surface area contributed by atoms with Crippen LogP contribution in [0.15, 0.2) is 12.1 Å². The van der Waals surface area contributed by atoms with Crippen LogP contribution in [0.5, 0.6) is 5.88 Å². The van der Waals surface area contributed by atoms with E-state index in [1.54, 1.807) is 7.11 Å². The Balaban J connectivity index is 0.00000162. The zero-order chi connectivity index (χ0) is 12.4. The molecule has 0 unspecified atom stereocenters. The SMILES string of the molecule is COc1nc(N)ccc1N1CCN(C)[C@@H](C)C1.[HH]. The second kappa shape index (κ2) is 4.79. The molecule has 0 bridgehead atoms. The number of nitrogen functional groups attached to an aromatic ring is 1. The highest BCUT2D eigenvalue weighted by atomic mass is 16.5. The molecule has 2 rings (SSSR count). The number of likely N-dealkylation sites (N-methyl/N-ethyl adjacent to an activating group) is 1. The first-order chi connectivity index (χ1) is 8.11. The lowest BCUT2D eigenvalue weighted by Crippen LogP contribution is -2.50. The van der Waals surface area contributed by atoms with Crippen LogP contribution in [0.25, 0.3) is 0 Å². The van der Waals surface area contributed by atoms with E-state index in [0.29, 0.717) is 17.7 Å². The Labute approximate surface area is 104 Å². The van der Waals surface area contributed by atoms with Gasteiger partial charge in [-0.3, -0.25) is 0 Å². The molecule has 0 amide bonds. The molecule has 17 heavy (non-hydrogen) atoms. The summed E-state index contributed by atoms with van der Waals surface area (Å²) in [4.78, 5) is 8.87. The molecule has 1 aliphatic heterocycles. The van der Waals surface area contributed by atoms with Crippen LogP contribution in [0.4, 0.5) is 11.5 Å². The summed E-state index contributed by atoms with van der Waals surface area (Å²) >= 11 is 0. The van der Waals surface area contributed by atoms with Gasteiger partial charge < -0.3 is 20.3 Å². The van der Waals surface area contributed by atoms with Gasteiger partial charge in [-0.1, -0.05) is 0 Å². The monoisotopic (exact) mass is 238 g/mol. The van der Waals surface area contributed by atoms with Gasteiger partial charge in [-0.2, -0.15) is 4.98 Å².